The van der Waals surface area contributed by atoms with Gasteiger partial charge in [-0.15, -0.1) is 0 Å². The molecule has 0 aromatic rings. The molecule has 0 N–H and O–H groups in total. The molecule has 0 amide bonds. The number of carbonyl (C=O) groups is 2. The highest BCUT2D eigenvalue weighted by molar-refractivity contribution is 5.69. The molecule has 0 saturated carbocycles. The summed E-state index contributed by atoms with van der Waals surface area (Å²) in [5.41, 5.74) is 0. The molecule has 3 unspecified atom stereocenters. The Kier molecular flexibility index (Phi) is 12.7. The van der Waals surface area contributed by atoms with E-state index >= 15 is 0 Å². The highest BCUT2D eigenvalue weighted by Crippen LogP contribution is 2.25. The number of hydrogen-bond donors (Lipinski definition) is 0. The van der Waals surface area contributed by atoms with Crippen LogP contribution in [0, 0.1) is 23.7 Å². The monoisotopic (exact) mass is 342 g/mol. The van der Waals surface area contributed by atoms with Crippen LogP contribution < -0.4 is 0 Å². The molecule has 0 aliphatic carbocycles. The van der Waals surface area contributed by atoms with E-state index in [1.165, 1.54) is 12.8 Å². The first-order valence-corrected chi connectivity index (χ1v) is 9.55. The number of ether oxygens (including phenoxy) is 2. The number of rotatable bonds is 13. The molecule has 0 spiro atoms. The van der Waals surface area contributed by atoms with Gasteiger partial charge in [-0.25, -0.2) is 0 Å². The van der Waals surface area contributed by atoms with Crippen molar-refractivity contribution in [3.63, 3.8) is 0 Å². The molecule has 0 aliphatic rings. The molecule has 4 nitrogen and oxygen atoms in total. The standard InChI is InChI=1S/C20H38O4/c1-7-19(21)23-10-11-24-20(22)9-8-16(4)13-18(6)14-17(5)12-15(2)3/h15-18H,7-14H2,1-6H3. The van der Waals surface area contributed by atoms with E-state index in [1.807, 2.05) is 0 Å². The predicted molar refractivity (Wildman–Crippen MR) is 97.6 cm³/mol. The van der Waals surface area contributed by atoms with Crippen LogP contribution in [0.5, 0.6) is 0 Å². The minimum atomic E-state index is -0.264. The molecule has 0 rings (SSSR count). The van der Waals surface area contributed by atoms with Crippen molar-refractivity contribution >= 4 is 11.9 Å². The van der Waals surface area contributed by atoms with Crippen molar-refractivity contribution in [2.45, 2.75) is 80.1 Å². The van der Waals surface area contributed by atoms with E-state index in [9.17, 15) is 9.59 Å². The fourth-order valence-corrected chi connectivity index (χ4v) is 3.34. The van der Waals surface area contributed by atoms with Gasteiger partial charge in [0.25, 0.3) is 0 Å². The molecule has 0 bridgehead atoms. The fraction of sp³-hybridized carbons (Fsp3) is 0.900. The lowest BCUT2D eigenvalue weighted by molar-refractivity contribution is -0.152. The zero-order valence-corrected chi connectivity index (χ0v) is 16.6. The number of esters is 2. The first-order chi connectivity index (χ1) is 11.2. The normalized spacial score (nSPS) is 15.0. The van der Waals surface area contributed by atoms with Crippen LogP contribution in [0.1, 0.15) is 80.1 Å². The third-order valence-corrected chi connectivity index (χ3v) is 4.22. The van der Waals surface area contributed by atoms with Gasteiger partial charge in [0.1, 0.15) is 13.2 Å². The molecule has 0 aliphatic heterocycles. The van der Waals surface area contributed by atoms with Crippen molar-refractivity contribution in [1.29, 1.82) is 0 Å². The van der Waals surface area contributed by atoms with Crippen molar-refractivity contribution in [1.82, 2.24) is 0 Å². The van der Waals surface area contributed by atoms with Crippen LogP contribution in [0.2, 0.25) is 0 Å². The van der Waals surface area contributed by atoms with Crippen LogP contribution in [0.4, 0.5) is 0 Å². The summed E-state index contributed by atoms with van der Waals surface area (Å²) in [7, 11) is 0. The molecule has 3 atom stereocenters. The largest absolute Gasteiger partial charge is 0.462 e. The first-order valence-electron chi connectivity index (χ1n) is 9.55. The molecular formula is C20H38O4. The summed E-state index contributed by atoms with van der Waals surface area (Å²) in [5, 5.41) is 0. The van der Waals surface area contributed by atoms with Gasteiger partial charge in [-0.05, 0) is 49.4 Å². The number of hydrogen-bond acceptors (Lipinski definition) is 4. The summed E-state index contributed by atoms with van der Waals surface area (Å²) >= 11 is 0. The lowest BCUT2D eigenvalue weighted by Crippen LogP contribution is -2.14. The van der Waals surface area contributed by atoms with Crippen LogP contribution in [-0.4, -0.2) is 25.2 Å². The molecule has 142 valence electrons. The Morgan fingerprint density at radius 1 is 0.750 bits per heavy atom. The molecule has 0 aromatic heterocycles. The van der Waals surface area contributed by atoms with Crippen LogP contribution in [-0.2, 0) is 19.1 Å². The third kappa shape index (κ3) is 13.4. The second kappa shape index (κ2) is 13.3. The van der Waals surface area contributed by atoms with Gasteiger partial charge in [-0.3, -0.25) is 9.59 Å². The highest BCUT2D eigenvalue weighted by atomic mass is 16.6. The molecule has 0 fully saturated rings. The second-order valence-electron chi connectivity index (χ2n) is 7.75. The Morgan fingerprint density at radius 3 is 1.79 bits per heavy atom. The van der Waals surface area contributed by atoms with E-state index in [0.717, 1.165) is 24.7 Å². The van der Waals surface area contributed by atoms with Gasteiger partial charge in [0.15, 0.2) is 0 Å². The molecule has 0 saturated heterocycles. The van der Waals surface area contributed by atoms with Crippen molar-refractivity contribution in [2.24, 2.45) is 23.7 Å². The molecule has 4 heteroatoms. The summed E-state index contributed by atoms with van der Waals surface area (Å²) < 4.78 is 9.95. The van der Waals surface area contributed by atoms with E-state index in [2.05, 4.69) is 34.6 Å². The average molecular weight is 343 g/mol. The average Bonchev–Trinajstić information content (AvgIpc) is 2.47. The number of carbonyl (C=O) groups excluding carboxylic acids is 2. The van der Waals surface area contributed by atoms with Crippen LogP contribution in [0.25, 0.3) is 0 Å². The lowest BCUT2D eigenvalue weighted by atomic mass is 9.85. The maximum Gasteiger partial charge on any atom is 0.305 e. The third-order valence-electron chi connectivity index (χ3n) is 4.22. The maximum atomic E-state index is 11.7. The Bertz CT molecular complexity index is 352. The van der Waals surface area contributed by atoms with E-state index in [4.69, 9.17) is 9.47 Å². The molecule has 24 heavy (non-hydrogen) atoms. The van der Waals surface area contributed by atoms with Gasteiger partial charge in [-0.2, -0.15) is 0 Å². The van der Waals surface area contributed by atoms with Gasteiger partial charge < -0.3 is 9.47 Å². The zero-order chi connectivity index (χ0) is 18.5. The van der Waals surface area contributed by atoms with E-state index in [0.29, 0.717) is 24.7 Å². The van der Waals surface area contributed by atoms with Gasteiger partial charge in [0, 0.05) is 12.8 Å². The zero-order valence-electron chi connectivity index (χ0n) is 16.6. The minimum absolute atomic E-state index is 0.152. The first kappa shape index (κ1) is 22.9. The van der Waals surface area contributed by atoms with E-state index in [1.54, 1.807) is 6.92 Å². The molecule has 0 heterocycles. The second-order valence-corrected chi connectivity index (χ2v) is 7.75. The predicted octanol–water partition coefficient (Wildman–Crippen LogP) is 5.00. The van der Waals surface area contributed by atoms with E-state index in [-0.39, 0.29) is 25.2 Å². The summed E-state index contributed by atoms with van der Waals surface area (Å²) in [6.07, 6.45) is 5.35. The summed E-state index contributed by atoms with van der Waals surface area (Å²) in [5.74, 6) is 2.28. The lowest BCUT2D eigenvalue weighted by Gasteiger charge is -2.21. The van der Waals surface area contributed by atoms with Crippen LogP contribution in [0.3, 0.4) is 0 Å². The quantitative estimate of drug-likeness (QED) is 0.349. The van der Waals surface area contributed by atoms with Gasteiger partial charge >= 0.3 is 11.9 Å². The summed E-state index contributed by atoms with van der Waals surface area (Å²) in [6, 6.07) is 0. The van der Waals surface area contributed by atoms with Crippen molar-refractivity contribution < 1.29 is 19.1 Å². The van der Waals surface area contributed by atoms with Gasteiger partial charge in [0.05, 0.1) is 0 Å². The molecular weight excluding hydrogens is 304 g/mol. The Hall–Kier alpha value is -1.06. The topological polar surface area (TPSA) is 52.6 Å². The van der Waals surface area contributed by atoms with Crippen LogP contribution in [0.15, 0.2) is 0 Å². The SMILES string of the molecule is CCC(=O)OCCOC(=O)CCC(C)CC(C)CC(C)CC(C)C. The smallest absolute Gasteiger partial charge is 0.305 e. The van der Waals surface area contributed by atoms with Gasteiger partial charge in [0.2, 0.25) is 0 Å². The maximum absolute atomic E-state index is 11.7. The van der Waals surface area contributed by atoms with Gasteiger partial charge in [-0.1, -0.05) is 41.5 Å². The molecule has 0 radical (unpaired) electrons. The van der Waals surface area contributed by atoms with E-state index < -0.39 is 0 Å². The Morgan fingerprint density at radius 2 is 1.25 bits per heavy atom. The van der Waals surface area contributed by atoms with Crippen molar-refractivity contribution in [3.05, 3.63) is 0 Å². The van der Waals surface area contributed by atoms with Crippen LogP contribution >= 0.6 is 0 Å². The highest BCUT2D eigenvalue weighted by Gasteiger charge is 2.15. The summed E-state index contributed by atoms with van der Waals surface area (Å²) in [6.45, 7) is 13.5. The molecule has 0 aromatic carbocycles. The van der Waals surface area contributed by atoms with Crippen molar-refractivity contribution in [2.75, 3.05) is 13.2 Å². The minimum Gasteiger partial charge on any atom is -0.462 e. The Labute approximate surface area is 148 Å². The fourth-order valence-electron chi connectivity index (χ4n) is 3.34. The Balaban J connectivity index is 3.77. The summed E-state index contributed by atoms with van der Waals surface area (Å²) in [4.78, 5) is 22.6. The van der Waals surface area contributed by atoms with Crippen molar-refractivity contribution in [3.8, 4) is 0 Å².